The minimum atomic E-state index is -3.42. The first kappa shape index (κ1) is 13.9. The molecule has 0 atom stereocenters. The van der Waals surface area contributed by atoms with Crippen molar-refractivity contribution in [2.24, 2.45) is 0 Å². The molecule has 0 saturated carbocycles. The van der Waals surface area contributed by atoms with Crippen molar-refractivity contribution in [3.63, 3.8) is 0 Å². The maximum Gasteiger partial charge on any atom is 0.244 e. The molecule has 0 unspecified atom stereocenters. The molecule has 1 heterocycles. The summed E-state index contributed by atoms with van der Waals surface area (Å²) in [5, 5.41) is 0. The van der Waals surface area contributed by atoms with Gasteiger partial charge < -0.3 is 4.74 Å². The van der Waals surface area contributed by atoms with Crippen LogP contribution >= 0.6 is 0 Å². The van der Waals surface area contributed by atoms with Crippen LogP contribution in [0.2, 0.25) is 0 Å². The second-order valence-corrected chi connectivity index (χ2v) is 5.29. The largest absolute Gasteiger partial charge is 0.478 e. The summed E-state index contributed by atoms with van der Waals surface area (Å²) in [6.07, 6.45) is 1.33. The number of aromatic nitrogens is 1. The van der Waals surface area contributed by atoms with Gasteiger partial charge in [-0.05, 0) is 13.0 Å². The lowest BCUT2D eigenvalue weighted by atomic mass is 10.5. The number of sulfonamides is 1. The first-order valence-corrected chi connectivity index (χ1v) is 7.09. The predicted octanol–water partition coefficient (Wildman–Crippen LogP) is 1.51. The topological polar surface area (TPSA) is 59.5 Å². The number of nitrogens with zero attached hydrogens (tertiary/aromatic N) is 2. The average molecular weight is 258 g/mol. The normalized spacial score (nSPS) is 11.8. The molecule has 1 aromatic rings. The van der Waals surface area contributed by atoms with E-state index in [9.17, 15) is 8.42 Å². The first-order chi connectivity index (χ1) is 8.06. The lowest BCUT2D eigenvalue weighted by Gasteiger charge is -2.18. The Morgan fingerprint density at radius 3 is 2.29 bits per heavy atom. The number of hydrogen-bond donors (Lipinski definition) is 0. The van der Waals surface area contributed by atoms with Crippen LogP contribution in [0.5, 0.6) is 5.88 Å². The second kappa shape index (κ2) is 5.97. The highest BCUT2D eigenvalue weighted by molar-refractivity contribution is 7.89. The van der Waals surface area contributed by atoms with Gasteiger partial charge in [0.15, 0.2) is 0 Å². The summed E-state index contributed by atoms with van der Waals surface area (Å²) in [6, 6.07) is 3.09. The fourth-order valence-electron chi connectivity index (χ4n) is 1.47. The third kappa shape index (κ3) is 3.17. The molecule has 0 N–H and O–H groups in total. The van der Waals surface area contributed by atoms with E-state index in [0.29, 0.717) is 25.6 Å². The lowest BCUT2D eigenvalue weighted by Crippen LogP contribution is -2.30. The molecule has 0 radical (unpaired) electrons. The van der Waals surface area contributed by atoms with Gasteiger partial charge in [0, 0.05) is 19.2 Å². The van der Waals surface area contributed by atoms with Crippen LogP contribution in [0.1, 0.15) is 20.8 Å². The van der Waals surface area contributed by atoms with Crippen molar-refractivity contribution in [1.82, 2.24) is 9.29 Å². The second-order valence-electron chi connectivity index (χ2n) is 3.35. The average Bonchev–Trinajstić information content (AvgIpc) is 2.31. The molecule has 5 nitrogen and oxygen atoms in total. The molecular formula is C11H18N2O3S. The summed E-state index contributed by atoms with van der Waals surface area (Å²) in [4.78, 5) is 4.16. The number of ether oxygens (including phenoxy) is 1. The molecule has 17 heavy (non-hydrogen) atoms. The van der Waals surface area contributed by atoms with Crippen LogP contribution in [-0.2, 0) is 10.0 Å². The predicted molar refractivity (Wildman–Crippen MR) is 65.5 cm³/mol. The minimum absolute atomic E-state index is 0.199. The fraction of sp³-hybridized carbons (Fsp3) is 0.545. The Kier molecular flexibility index (Phi) is 4.89. The Labute approximate surface area is 102 Å². The summed E-state index contributed by atoms with van der Waals surface area (Å²) in [7, 11) is -3.42. The van der Waals surface area contributed by atoms with Gasteiger partial charge in [-0.1, -0.05) is 13.8 Å². The Balaban J connectivity index is 2.99. The van der Waals surface area contributed by atoms with E-state index in [4.69, 9.17) is 4.74 Å². The van der Waals surface area contributed by atoms with Crippen molar-refractivity contribution in [3.05, 3.63) is 18.3 Å². The number of hydrogen-bond acceptors (Lipinski definition) is 4. The van der Waals surface area contributed by atoms with E-state index in [1.54, 1.807) is 6.07 Å². The van der Waals surface area contributed by atoms with Gasteiger partial charge in [0.1, 0.15) is 4.90 Å². The SMILES string of the molecule is CCOc1ccc(S(=O)(=O)N(CC)CC)cn1. The molecule has 1 rings (SSSR count). The lowest BCUT2D eigenvalue weighted by molar-refractivity contribution is 0.326. The van der Waals surface area contributed by atoms with Gasteiger partial charge in [0.05, 0.1) is 12.8 Å². The van der Waals surface area contributed by atoms with E-state index >= 15 is 0 Å². The van der Waals surface area contributed by atoms with Crippen molar-refractivity contribution >= 4 is 10.0 Å². The highest BCUT2D eigenvalue weighted by atomic mass is 32.2. The van der Waals surface area contributed by atoms with E-state index in [0.717, 1.165) is 0 Å². The van der Waals surface area contributed by atoms with Crippen molar-refractivity contribution < 1.29 is 13.2 Å². The standard InChI is InChI=1S/C11H18N2O3S/c1-4-13(5-2)17(14,15)10-7-8-11(12-9-10)16-6-3/h7-9H,4-6H2,1-3H3. The van der Waals surface area contributed by atoms with Gasteiger partial charge >= 0.3 is 0 Å². The van der Waals surface area contributed by atoms with Crippen LogP contribution in [0.3, 0.4) is 0 Å². The highest BCUT2D eigenvalue weighted by Gasteiger charge is 2.21. The third-order valence-corrected chi connectivity index (χ3v) is 4.38. The quantitative estimate of drug-likeness (QED) is 0.776. The summed E-state index contributed by atoms with van der Waals surface area (Å²) < 4.78 is 30.8. The molecular weight excluding hydrogens is 240 g/mol. The molecule has 0 aliphatic heterocycles. The Hall–Kier alpha value is -1.14. The van der Waals surface area contributed by atoms with Crippen molar-refractivity contribution in [3.8, 4) is 5.88 Å². The summed E-state index contributed by atoms with van der Waals surface area (Å²) in [5.41, 5.74) is 0. The zero-order valence-corrected chi connectivity index (χ0v) is 11.2. The minimum Gasteiger partial charge on any atom is -0.478 e. The van der Waals surface area contributed by atoms with Gasteiger partial charge in [-0.2, -0.15) is 4.31 Å². The van der Waals surface area contributed by atoms with Crippen LogP contribution in [0, 0.1) is 0 Å². The van der Waals surface area contributed by atoms with Crippen molar-refractivity contribution in [2.45, 2.75) is 25.7 Å². The van der Waals surface area contributed by atoms with E-state index in [2.05, 4.69) is 4.98 Å². The van der Waals surface area contributed by atoms with Gasteiger partial charge in [-0.25, -0.2) is 13.4 Å². The fourth-order valence-corrected chi connectivity index (χ4v) is 2.87. The molecule has 0 aliphatic carbocycles. The maximum absolute atomic E-state index is 12.1. The molecule has 0 aliphatic rings. The van der Waals surface area contributed by atoms with Gasteiger partial charge in [-0.15, -0.1) is 0 Å². The van der Waals surface area contributed by atoms with Crippen LogP contribution in [-0.4, -0.2) is 37.4 Å². The number of rotatable bonds is 6. The smallest absolute Gasteiger partial charge is 0.244 e. The summed E-state index contributed by atoms with van der Waals surface area (Å²) >= 11 is 0. The third-order valence-electron chi connectivity index (χ3n) is 2.34. The van der Waals surface area contributed by atoms with Crippen LogP contribution in [0.25, 0.3) is 0 Å². The molecule has 0 spiro atoms. The highest BCUT2D eigenvalue weighted by Crippen LogP contribution is 2.16. The van der Waals surface area contributed by atoms with E-state index in [-0.39, 0.29) is 4.90 Å². The molecule has 0 bridgehead atoms. The molecule has 0 amide bonds. The van der Waals surface area contributed by atoms with Crippen LogP contribution < -0.4 is 4.74 Å². The Bertz CT molecular complexity index is 438. The van der Waals surface area contributed by atoms with Crippen LogP contribution in [0.4, 0.5) is 0 Å². The zero-order chi connectivity index (χ0) is 12.9. The van der Waals surface area contributed by atoms with Crippen molar-refractivity contribution in [2.75, 3.05) is 19.7 Å². The van der Waals surface area contributed by atoms with Gasteiger partial charge in [-0.3, -0.25) is 0 Å². The molecule has 0 aromatic carbocycles. The molecule has 96 valence electrons. The Morgan fingerprint density at radius 1 is 1.24 bits per heavy atom. The maximum atomic E-state index is 12.1. The summed E-state index contributed by atoms with van der Waals surface area (Å²) in [6.45, 7) is 6.88. The molecule has 0 fully saturated rings. The van der Waals surface area contributed by atoms with Crippen LogP contribution in [0.15, 0.2) is 23.2 Å². The molecule has 1 aromatic heterocycles. The zero-order valence-electron chi connectivity index (χ0n) is 10.4. The first-order valence-electron chi connectivity index (χ1n) is 5.65. The van der Waals surface area contributed by atoms with E-state index in [1.807, 2.05) is 20.8 Å². The Morgan fingerprint density at radius 2 is 1.88 bits per heavy atom. The van der Waals surface area contributed by atoms with E-state index < -0.39 is 10.0 Å². The molecule has 0 saturated heterocycles. The monoisotopic (exact) mass is 258 g/mol. The van der Waals surface area contributed by atoms with E-state index in [1.165, 1.54) is 16.6 Å². The molecule has 6 heteroatoms. The van der Waals surface area contributed by atoms with Crippen molar-refractivity contribution in [1.29, 1.82) is 0 Å². The van der Waals surface area contributed by atoms with Gasteiger partial charge in [0.25, 0.3) is 0 Å². The summed E-state index contributed by atoms with van der Waals surface area (Å²) in [5.74, 6) is 0.436. The van der Waals surface area contributed by atoms with Gasteiger partial charge in [0.2, 0.25) is 15.9 Å². The number of pyridine rings is 1.